The molecule has 3 aliphatic carbocycles. The molecule has 3 saturated carbocycles. The minimum Gasteiger partial charge on any atom is -0.469 e. The standard InChI is InChI=1S/C9H14O3/c1-11-6-8-3-9(4-8,5-8)7(10)12-2/h3-6H2,1-2H3. The van der Waals surface area contributed by atoms with Gasteiger partial charge in [-0.05, 0) is 24.7 Å². The highest BCUT2D eigenvalue weighted by atomic mass is 16.5. The van der Waals surface area contributed by atoms with Gasteiger partial charge in [-0.2, -0.15) is 0 Å². The number of rotatable bonds is 3. The van der Waals surface area contributed by atoms with Gasteiger partial charge in [0.15, 0.2) is 0 Å². The first-order valence-corrected chi connectivity index (χ1v) is 4.24. The molecule has 3 aliphatic rings. The molecule has 0 aromatic carbocycles. The summed E-state index contributed by atoms with van der Waals surface area (Å²) in [5.74, 6) is -0.0273. The molecule has 0 aromatic rings. The van der Waals surface area contributed by atoms with Crippen molar-refractivity contribution in [2.75, 3.05) is 20.8 Å². The van der Waals surface area contributed by atoms with Crippen LogP contribution in [0.4, 0.5) is 0 Å². The van der Waals surface area contributed by atoms with Crippen LogP contribution in [0.15, 0.2) is 0 Å². The minimum absolute atomic E-state index is 0.0273. The second-order valence-electron chi connectivity index (χ2n) is 4.24. The lowest BCUT2D eigenvalue weighted by Crippen LogP contribution is -2.67. The molecule has 0 spiro atoms. The molecule has 3 nitrogen and oxygen atoms in total. The molecule has 0 atom stereocenters. The molecule has 0 unspecified atom stereocenters. The highest BCUT2D eigenvalue weighted by molar-refractivity contribution is 5.81. The van der Waals surface area contributed by atoms with Crippen molar-refractivity contribution in [2.24, 2.45) is 10.8 Å². The monoisotopic (exact) mass is 170 g/mol. The predicted octanol–water partition coefficient (Wildman–Crippen LogP) is 0.976. The largest absolute Gasteiger partial charge is 0.469 e. The third-order valence-corrected chi connectivity index (χ3v) is 3.21. The van der Waals surface area contributed by atoms with Gasteiger partial charge in [0.05, 0.1) is 19.1 Å². The van der Waals surface area contributed by atoms with E-state index in [4.69, 9.17) is 9.47 Å². The van der Waals surface area contributed by atoms with Gasteiger partial charge in [-0.1, -0.05) is 0 Å². The lowest BCUT2D eigenvalue weighted by molar-refractivity contribution is -0.238. The van der Waals surface area contributed by atoms with Crippen molar-refractivity contribution in [3.63, 3.8) is 0 Å². The fraction of sp³-hybridized carbons (Fsp3) is 0.889. The van der Waals surface area contributed by atoms with Gasteiger partial charge in [-0.25, -0.2) is 0 Å². The molecule has 68 valence electrons. The number of ether oxygens (including phenoxy) is 2. The van der Waals surface area contributed by atoms with Crippen LogP contribution >= 0.6 is 0 Å². The number of methoxy groups -OCH3 is 2. The topological polar surface area (TPSA) is 35.5 Å². The van der Waals surface area contributed by atoms with Crippen molar-refractivity contribution in [2.45, 2.75) is 19.3 Å². The molecule has 0 heterocycles. The Morgan fingerprint density at radius 2 is 1.92 bits per heavy atom. The van der Waals surface area contributed by atoms with E-state index in [1.165, 1.54) is 7.11 Å². The quantitative estimate of drug-likeness (QED) is 0.592. The minimum atomic E-state index is -0.104. The molecule has 0 aliphatic heterocycles. The molecule has 0 radical (unpaired) electrons. The van der Waals surface area contributed by atoms with E-state index < -0.39 is 0 Å². The Morgan fingerprint density at radius 3 is 2.33 bits per heavy atom. The van der Waals surface area contributed by atoms with Crippen LogP contribution in [0.1, 0.15) is 19.3 Å². The van der Waals surface area contributed by atoms with E-state index in [9.17, 15) is 4.79 Å². The predicted molar refractivity (Wildman–Crippen MR) is 42.6 cm³/mol. The summed E-state index contributed by atoms with van der Waals surface area (Å²) in [7, 11) is 3.18. The molecule has 2 bridgehead atoms. The van der Waals surface area contributed by atoms with Gasteiger partial charge in [0.25, 0.3) is 0 Å². The first-order chi connectivity index (χ1) is 5.66. The summed E-state index contributed by atoms with van der Waals surface area (Å²) in [6.07, 6.45) is 2.92. The molecule has 0 aromatic heterocycles. The highest BCUT2D eigenvalue weighted by Gasteiger charge is 2.72. The number of hydrogen-bond acceptors (Lipinski definition) is 3. The van der Waals surface area contributed by atoms with Crippen LogP contribution < -0.4 is 0 Å². The Balaban J connectivity index is 1.91. The van der Waals surface area contributed by atoms with Crippen molar-refractivity contribution in [1.29, 1.82) is 0 Å². The lowest BCUT2D eigenvalue weighted by atomic mass is 9.35. The third kappa shape index (κ3) is 0.774. The normalized spacial score (nSPS) is 42.8. The zero-order valence-corrected chi connectivity index (χ0v) is 7.55. The summed E-state index contributed by atoms with van der Waals surface area (Å²) < 4.78 is 9.83. The summed E-state index contributed by atoms with van der Waals surface area (Å²) in [4.78, 5) is 11.2. The molecule has 3 rings (SSSR count). The molecule has 3 heteroatoms. The van der Waals surface area contributed by atoms with Crippen LogP contribution in [0.25, 0.3) is 0 Å². The lowest BCUT2D eigenvalue weighted by Gasteiger charge is -2.68. The van der Waals surface area contributed by atoms with E-state index in [1.54, 1.807) is 7.11 Å². The summed E-state index contributed by atoms with van der Waals surface area (Å²) in [5, 5.41) is 0. The first kappa shape index (κ1) is 8.05. The van der Waals surface area contributed by atoms with Crippen LogP contribution in [0.5, 0.6) is 0 Å². The summed E-state index contributed by atoms with van der Waals surface area (Å²) in [6.45, 7) is 0.797. The Kier molecular flexibility index (Phi) is 1.49. The van der Waals surface area contributed by atoms with Gasteiger partial charge in [-0.15, -0.1) is 0 Å². The summed E-state index contributed by atoms with van der Waals surface area (Å²) in [5.41, 5.74) is 0.232. The van der Waals surface area contributed by atoms with Gasteiger partial charge in [-0.3, -0.25) is 4.79 Å². The van der Waals surface area contributed by atoms with Gasteiger partial charge < -0.3 is 9.47 Å². The fourth-order valence-corrected chi connectivity index (χ4v) is 2.89. The van der Waals surface area contributed by atoms with Crippen LogP contribution in [-0.4, -0.2) is 26.8 Å². The SMILES string of the molecule is COCC12CC(C(=O)OC)(C1)C2. The van der Waals surface area contributed by atoms with Crippen LogP contribution in [0.2, 0.25) is 0 Å². The van der Waals surface area contributed by atoms with Gasteiger partial charge in [0.1, 0.15) is 0 Å². The van der Waals surface area contributed by atoms with Gasteiger partial charge in [0.2, 0.25) is 0 Å². The van der Waals surface area contributed by atoms with Crippen molar-refractivity contribution in [3.05, 3.63) is 0 Å². The van der Waals surface area contributed by atoms with Crippen molar-refractivity contribution in [3.8, 4) is 0 Å². The second kappa shape index (κ2) is 2.22. The third-order valence-electron chi connectivity index (χ3n) is 3.21. The maximum atomic E-state index is 11.2. The number of hydrogen-bond donors (Lipinski definition) is 0. The average Bonchev–Trinajstić information content (AvgIpc) is 1.92. The maximum absolute atomic E-state index is 11.2. The Hall–Kier alpha value is -0.570. The Bertz CT molecular complexity index is 202. The zero-order valence-electron chi connectivity index (χ0n) is 7.55. The van der Waals surface area contributed by atoms with E-state index in [0.29, 0.717) is 5.41 Å². The zero-order chi connectivity index (χ0) is 8.82. The maximum Gasteiger partial charge on any atom is 0.311 e. The molecule has 3 fully saturated rings. The molecular weight excluding hydrogens is 156 g/mol. The summed E-state index contributed by atoms with van der Waals surface area (Å²) >= 11 is 0. The second-order valence-corrected chi connectivity index (χ2v) is 4.24. The van der Waals surface area contributed by atoms with E-state index in [-0.39, 0.29) is 11.4 Å². The molecule has 0 saturated heterocycles. The molecular formula is C9H14O3. The number of esters is 1. The van der Waals surface area contributed by atoms with Gasteiger partial charge >= 0.3 is 5.97 Å². The average molecular weight is 170 g/mol. The molecule has 12 heavy (non-hydrogen) atoms. The van der Waals surface area contributed by atoms with E-state index in [1.807, 2.05) is 0 Å². The van der Waals surface area contributed by atoms with Crippen molar-refractivity contribution >= 4 is 5.97 Å². The van der Waals surface area contributed by atoms with E-state index >= 15 is 0 Å². The molecule has 0 amide bonds. The van der Waals surface area contributed by atoms with Crippen molar-refractivity contribution < 1.29 is 14.3 Å². The van der Waals surface area contributed by atoms with Crippen molar-refractivity contribution in [1.82, 2.24) is 0 Å². The smallest absolute Gasteiger partial charge is 0.311 e. The van der Waals surface area contributed by atoms with Crippen LogP contribution in [0, 0.1) is 10.8 Å². The van der Waals surface area contributed by atoms with Gasteiger partial charge in [0, 0.05) is 7.11 Å². The highest BCUT2D eigenvalue weighted by Crippen LogP contribution is 2.73. The molecule has 0 N–H and O–H groups in total. The Labute approximate surface area is 72.0 Å². The van der Waals surface area contributed by atoms with E-state index in [0.717, 1.165) is 25.9 Å². The number of carbonyl (C=O) groups is 1. The fourth-order valence-electron chi connectivity index (χ4n) is 2.89. The van der Waals surface area contributed by atoms with E-state index in [2.05, 4.69) is 0 Å². The first-order valence-electron chi connectivity index (χ1n) is 4.24. The van der Waals surface area contributed by atoms with Crippen LogP contribution in [0.3, 0.4) is 0 Å². The number of carbonyl (C=O) groups excluding carboxylic acids is 1. The van der Waals surface area contributed by atoms with Crippen LogP contribution in [-0.2, 0) is 14.3 Å². The Morgan fingerprint density at radius 1 is 1.33 bits per heavy atom. The summed E-state index contributed by atoms with van der Waals surface area (Å²) in [6, 6.07) is 0.